The topological polar surface area (TPSA) is 109 Å². The van der Waals surface area contributed by atoms with Gasteiger partial charge in [0.25, 0.3) is 0 Å². The summed E-state index contributed by atoms with van der Waals surface area (Å²) in [6.07, 6.45) is 0. The van der Waals surface area contributed by atoms with Gasteiger partial charge in [-0.15, -0.1) is 10.2 Å². The molecule has 0 bridgehead atoms. The quantitative estimate of drug-likeness (QED) is 0.458. The van der Waals surface area contributed by atoms with E-state index in [2.05, 4.69) is 10.2 Å². The molecule has 6 nitrogen and oxygen atoms in total. The van der Waals surface area contributed by atoms with Crippen LogP contribution in [-0.4, -0.2) is 21.4 Å². The molecule has 0 aliphatic carbocycles. The van der Waals surface area contributed by atoms with Crippen molar-refractivity contribution >= 4 is 5.95 Å². The summed E-state index contributed by atoms with van der Waals surface area (Å²) in [6.45, 7) is 2.39. The van der Waals surface area contributed by atoms with Gasteiger partial charge in [0.1, 0.15) is 0 Å². The predicted molar refractivity (Wildman–Crippen MR) is 42.1 cm³/mol. The number of nitrogen functional groups attached to an aromatic ring is 2. The minimum absolute atomic E-state index is 0.0878. The largest absolute Gasteiger partial charge is 0.366 e. The second-order valence-electron chi connectivity index (χ2n) is 2.42. The number of rotatable bonds is 2. The summed E-state index contributed by atoms with van der Waals surface area (Å²) in [5.74, 6) is 6.40. The zero-order chi connectivity index (χ0) is 8.43. The Morgan fingerprint density at radius 1 is 1.55 bits per heavy atom. The van der Waals surface area contributed by atoms with E-state index in [1.807, 2.05) is 6.92 Å². The summed E-state index contributed by atoms with van der Waals surface area (Å²) in [6, 6.07) is 0. The minimum atomic E-state index is 0.0878. The summed E-state index contributed by atoms with van der Waals surface area (Å²) in [7, 11) is 0. The third-order valence-electron chi connectivity index (χ3n) is 1.54. The van der Waals surface area contributed by atoms with E-state index in [1.54, 1.807) is 0 Å². The molecule has 0 amide bonds. The molecule has 11 heavy (non-hydrogen) atoms. The molecule has 1 heterocycles. The van der Waals surface area contributed by atoms with Crippen LogP contribution in [0.2, 0.25) is 0 Å². The zero-order valence-corrected chi connectivity index (χ0v) is 6.36. The normalized spacial score (nSPS) is 13.3. The fourth-order valence-corrected chi connectivity index (χ4v) is 0.758. The molecular formula is C5H12N6. The van der Waals surface area contributed by atoms with Crippen LogP contribution in [0.3, 0.4) is 0 Å². The molecule has 1 rings (SSSR count). The third-order valence-corrected chi connectivity index (χ3v) is 1.54. The second kappa shape index (κ2) is 2.75. The maximum atomic E-state index is 5.49. The SMILES string of the molecule is CC(CN)c1nnc(N)n1N. The van der Waals surface area contributed by atoms with Crippen LogP contribution in [0.25, 0.3) is 0 Å². The third kappa shape index (κ3) is 1.25. The molecule has 0 saturated heterocycles. The predicted octanol–water partition coefficient (Wildman–Crippen LogP) is -1.36. The number of aromatic nitrogens is 3. The summed E-state index contributed by atoms with van der Waals surface area (Å²) < 4.78 is 1.25. The molecule has 1 aromatic heterocycles. The van der Waals surface area contributed by atoms with E-state index in [4.69, 9.17) is 17.3 Å². The van der Waals surface area contributed by atoms with Gasteiger partial charge in [0.05, 0.1) is 0 Å². The second-order valence-corrected chi connectivity index (χ2v) is 2.42. The Labute approximate surface area is 64.3 Å². The molecular weight excluding hydrogens is 144 g/mol. The van der Waals surface area contributed by atoms with Gasteiger partial charge in [-0.25, -0.2) is 4.68 Å². The number of nitrogens with two attached hydrogens (primary N) is 3. The van der Waals surface area contributed by atoms with E-state index in [0.29, 0.717) is 12.4 Å². The van der Waals surface area contributed by atoms with Gasteiger partial charge in [0.15, 0.2) is 5.82 Å². The Bertz CT molecular complexity index is 241. The van der Waals surface area contributed by atoms with Crippen LogP contribution in [0.1, 0.15) is 18.7 Å². The lowest BCUT2D eigenvalue weighted by Gasteiger charge is -2.05. The molecule has 0 fully saturated rings. The Kier molecular flexibility index (Phi) is 1.95. The van der Waals surface area contributed by atoms with Gasteiger partial charge in [0.2, 0.25) is 5.95 Å². The summed E-state index contributed by atoms with van der Waals surface area (Å²) >= 11 is 0. The average molecular weight is 156 g/mol. The smallest absolute Gasteiger partial charge is 0.240 e. The standard InChI is InChI=1S/C5H12N6/c1-3(2-6)4-9-10-5(7)11(4)8/h3H,2,6,8H2,1H3,(H2,7,10). The van der Waals surface area contributed by atoms with Crippen molar-refractivity contribution in [2.24, 2.45) is 5.73 Å². The maximum Gasteiger partial charge on any atom is 0.240 e. The Morgan fingerprint density at radius 3 is 2.55 bits per heavy atom. The Morgan fingerprint density at radius 2 is 2.18 bits per heavy atom. The number of hydrogen-bond donors (Lipinski definition) is 3. The summed E-state index contributed by atoms with van der Waals surface area (Å²) in [5.41, 5.74) is 10.8. The lowest BCUT2D eigenvalue weighted by molar-refractivity contribution is 0.683. The van der Waals surface area contributed by atoms with Crippen molar-refractivity contribution < 1.29 is 0 Å². The molecule has 0 aliphatic rings. The first-order valence-corrected chi connectivity index (χ1v) is 3.32. The maximum absolute atomic E-state index is 5.49. The van der Waals surface area contributed by atoms with Gasteiger partial charge < -0.3 is 17.3 Å². The van der Waals surface area contributed by atoms with Crippen LogP contribution in [0.15, 0.2) is 0 Å². The van der Waals surface area contributed by atoms with E-state index < -0.39 is 0 Å². The van der Waals surface area contributed by atoms with Crippen LogP contribution in [0.5, 0.6) is 0 Å². The zero-order valence-electron chi connectivity index (χ0n) is 6.36. The number of hydrogen-bond acceptors (Lipinski definition) is 5. The first-order valence-electron chi connectivity index (χ1n) is 3.32. The van der Waals surface area contributed by atoms with Gasteiger partial charge >= 0.3 is 0 Å². The van der Waals surface area contributed by atoms with Crippen LogP contribution < -0.4 is 17.3 Å². The van der Waals surface area contributed by atoms with E-state index >= 15 is 0 Å². The van der Waals surface area contributed by atoms with Crippen LogP contribution in [0.4, 0.5) is 5.95 Å². The highest BCUT2D eigenvalue weighted by Crippen LogP contribution is 2.09. The van der Waals surface area contributed by atoms with Crippen molar-refractivity contribution in [3.63, 3.8) is 0 Å². The van der Waals surface area contributed by atoms with E-state index in [-0.39, 0.29) is 11.9 Å². The van der Waals surface area contributed by atoms with E-state index in [9.17, 15) is 0 Å². The number of anilines is 1. The van der Waals surface area contributed by atoms with Gasteiger partial charge in [-0.1, -0.05) is 6.92 Å². The fourth-order valence-electron chi connectivity index (χ4n) is 0.758. The molecule has 6 N–H and O–H groups in total. The molecule has 6 heteroatoms. The lowest BCUT2D eigenvalue weighted by Crippen LogP contribution is -2.20. The van der Waals surface area contributed by atoms with Crippen LogP contribution in [-0.2, 0) is 0 Å². The molecule has 0 radical (unpaired) electrons. The van der Waals surface area contributed by atoms with E-state index in [0.717, 1.165) is 0 Å². The van der Waals surface area contributed by atoms with Crippen LogP contribution in [0, 0.1) is 0 Å². The summed E-state index contributed by atoms with van der Waals surface area (Å²) in [4.78, 5) is 0. The highest BCUT2D eigenvalue weighted by Gasteiger charge is 2.12. The highest BCUT2D eigenvalue weighted by molar-refractivity contribution is 5.18. The van der Waals surface area contributed by atoms with E-state index in [1.165, 1.54) is 4.68 Å². The Balaban J connectivity index is 2.94. The van der Waals surface area contributed by atoms with Crippen LogP contribution >= 0.6 is 0 Å². The molecule has 1 atom stereocenters. The fraction of sp³-hybridized carbons (Fsp3) is 0.600. The van der Waals surface area contributed by atoms with Gasteiger partial charge in [-0.3, -0.25) is 0 Å². The van der Waals surface area contributed by atoms with Crippen molar-refractivity contribution in [3.05, 3.63) is 5.82 Å². The monoisotopic (exact) mass is 156 g/mol. The highest BCUT2D eigenvalue weighted by atomic mass is 15.4. The number of nitrogens with zero attached hydrogens (tertiary/aromatic N) is 3. The molecule has 1 unspecified atom stereocenters. The summed E-state index contributed by atoms with van der Waals surface area (Å²) in [5, 5.41) is 7.36. The van der Waals surface area contributed by atoms with Crippen molar-refractivity contribution in [1.29, 1.82) is 0 Å². The molecule has 1 aromatic rings. The van der Waals surface area contributed by atoms with Crippen molar-refractivity contribution in [2.45, 2.75) is 12.8 Å². The molecule has 62 valence electrons. The minimum Gasteiger partial charge on any atom is -0.366 e. The lowest BCUT2D eigenvalue weighted by atomic mass is 10.2. The van der Waals surface area contributed by atoms with Gasteiger partial charge in [0, 0.05) is 12.5 Å². The first-order chi connectivity index (χ1) is 5.16. The molecule has 0 spiro atoms. The van der Waals surface area contributed by atoms with Crippen molar-refractivity contribution in [2.75, 3.05) is 18.1 Å². The van der Waals surface area contributed by atoms with Gasteiger partial charge in [-0.2, -0.15) is 0 Å². The Hall–Kier alpha value is -1.30. The average Bonchev–Trinajstić information content (AvgIpc) is 2.32. The molecule has 0 saturated carbocycles. The van der Waals surface area contributed by atoms with Crippen molar-refractivity contribution in [1.82, 2.24) is 14.9 Å². The molecule has 0 aliphatic heterocycles. The molecule has 0 aromatic carbocycles. The van der Waals surface area contributed by atoms with Gasteiger partial charge in [-0.05, 0) is 0 Å². The van der Waals surface area contributed by atoms with Crippen molar-refractivity contribution in [3.8, 4) is 0 Å². The first kappa shape index (κ1) is 7.80.